The van der Waals surface area contributed by atoms with Crippen molar-refractivity contribution in [1.29, 1.82) is 0 Å². The molecule has 2 aromatic rings. The quantitative estimate of drug-likeness (QED) is 0.863. The molecule has 0 fully saturated rings. The van der Waals surface area contributed by atoms with Crippen LogP contribution in [0, 0.1) is 13.8 Å². The molecule has 0 amide bonds. The summed E-state index contributed by atoms with van der Waals surface area (Å²) in [6.45, 7) is 8.34. The first-order valence-electron chi connectivity index (χ1n) is 5.90. The van der Waals surface area contributed by atoms with Crippen LogP contribution in [0.25, 0.3) is 0 Å². The van der Waals surface area contributed by atoms with Crippen molar-refractivity contribution in [3.8, 4) is 0 Å². The van der Waals surface area contributed by atoms with E-state index in [0.29, 0.717) is 6.54 Å². The lowest BCUT2D eigenvalue weighted by molar-refractivity contribution is 0.646. The lowest BCUT2D eigenvalue weighted by atomic mass is 10.2. The predicted molar refractivity (Wildman–Crippen MR) is 66.6 cm³/mol. The van der Waals surface area contributed by atoms with E-state index in [1.54, 1.807) is 0 Å². The van der Waals surface area contributed by atoms with Crippen LogP contribution in [-0.2, 0) is 19.6 Å². The molecule has 0 aliphatic rings. The Kier molecular flexibility index (Phi) is 3.28. The highest BCUT2D eigenvalue weighted by molar-refractivity contribution is 5.24. The highest BCUT2D eigenvalue weighted by atomic mass is 15.3. The van der Waals surface area contributed by atoms with E-state index in [0.717, 1.165) is 30.0 Å². The van der Waals surface area contributed by atoms with E-state index in [1.807, 2.05) is 22.5 Å². The number of nitrogens with two attached hydrogens (primary N) is 1. The molecule has 2 aromatic heterocycles. The van der Waals surface area contributed by atoms with Gasteiger partial charge in [0, 0.05) is 36.1 Å². The number of aromatic nitrogens is 4. The Morgan fingerprint density at radius 1 is 1.35 bits per heavy atom. The molecular formula is C12H19N5. The maximum Gasteiger partial charge on any atom is 0.0693 e. The molecule has 0 aromatic carbocycles. The van der Waals surface area contributed by atoms with Gasteiger partial charge in [0.2, 0.25) is 0 Å². The zero-order chi connectivity index (χ0) is 12.4. The summed E-state index contributed by atoms with van der Waals surface area (Å²) < 4.78 is 3.92. The zero-order valence-electron chi connectivity index (χ0n) is 10.6. The monoisotopic (exact) mass is 233 g/mol. The highest BCUT2D eigenvalue weighted by Gasteiger charge is 2.10. The van der Waals surface area contributed by atoms with Crippen molar-refractivity contribution in [2.75, 3.05) is 0 Å². The second-order valence-electron chi connectivity index (χ2n) is 4.22. The maximum atomic E-state index is 5.71. The fourth-order valence-corrected chi connectivity index (χ4v) is 2.02. The molecule has 0 bridgehead atoms. The van der Waals surface area contributed by atoms with Crippen LogP contribution in [0.15, 0.2) is 12.4 Å². The number of hydrogen-bond acceptors (Lipinski definition) is 3. The van der Waals surface area contributed by atoms with Crippen LogP contribution in [0.4, 0.5) is 0 Å². The molecule has 2 rings (SSSR count). The normalized spacial score (nSPS) is 11.1. The van der Waals surface area contributed by atoms with Gasteiger partial charge in [0.05, 0.1) is 18.4 Å². The van der Waals surface area contributed by atoms with Crippen molar-refractivity contribution in [2.45, 2.75) is 40.4 Å². The van der Waals surface area contributed by atoms with E-state index in [4.69, 9.17) is 5.73 Å². The molecule has 0 aliphatic carbocycles. The Hall–Kier alpha value is -1.62. The van der Waals surface area contributed by atoms with Crippen LogP contribution in [0.1, 0.15) is 29.4 Å². The molecule has 5 nitrogen and oxygen atoms in total. The summed E-state index contributed by atoms with van der Waals surface area (Å²) in [6, 6.07) is 0. The van der Waals surface area contributed by atoms with Gasteiger partial charge in [-0.15, -0.1) is 0 Å². The summed E-state index contributed by atoms with van der Waals surface area (Å²) >= 11 is 0. The van der Waals surface area contributed by atoms with Crippen LogP contribution in [0.5, 0.6) is 0 Å². The summed E-state index contributed by atoms with van der Waals surface area (Å²) in [5.41, 5.74) is 10.2. The van der Waals surface area contributed by atoms with Gasteiger partial charge >= 0.3 is 0 Å². The number of aryl methyl sites for hydroxylation is 2. The van der Waals surface area contributed by atoms with E-state index >= 15 is 0 Å². The largest absolute Gasteiger partial charge is 0.326 e. The van der Waals surface area contributed by atoms with Crippen molar-refractivity contribution < 1.29 is 0 Å². The van der Waals surface area contributed by atoms with Gasteiger partial charge in [-0.3, -0.25) is 9.36 Å². The second-order valence-corrected chi connectivity index (χ2v) is 4.22. The average molecular weight is 233 g/mol. The van der Waals surface area contributed by atoms with Gasteiger partial charge in [0.25, 0.3) is 0 Å². The third kappa shape index (κ3) is 2.24. The number of hydrogen-bond donors (Lipinski definition) is 1. The molecule has 0 spiro atoms. The van der Waals surface area contributed by atoms with Crippen molar-refractivity contribution >= 4 is 0 Å². The molecule has 92 valence electrons. The van der Waals surface area contributed by atoms with Crippen LogP contribution in [-0.4, -0.2) is 19.6 Å². The first-order valence-corrected chi connectivity index (χ1v) is 5.90. The Morgan fingerprint density at radius 3 is 2.65 bits per heavy atom. The minimum Gasteiger partial charge on any atom is -0.326 e. The topological polar surface area (TPSA) is 61.7 Å². The van der Waals surface area contributed by atoms with Crippen LogP contribution in [0.3, 0.4) is 0 Å². The first-order chi connectivity index (χ1) is 8.15. The lowest BCUT2D eigenvalue weighted by Crippen LogP contribution is -2.05. The maximum absolute atomic E-state index is 5.71. The molecule has 0 atom stereocenters. The Labute approximate surface area is 101 Å². The van der Waals surface area contributed by atoms with Crippen LogP contribution in [0.2, 0.25) is 0 Å². The molecule has 5 heteroatoms. The standard InChI is InChI=1S/C12H19N5/c1-4-16-7-11(6-14-16)8-17-10(3)12(5-13)9(2)15-17/h6-7H,4-5,8,13H2,1-3H3. The summed E-state index contributed by atoms with van der Waals surface area (Å²) in [5.74, 6) is 0. The van der Waals surface area contributed by atoms with Gasteiger partial charge in [-0.25, -0.2) is 0 Å². The van der Waals surface area contributed by atoms with Crippen LogP contribution < -0.4 is 5.73 Å². The Morgan fingerprint density at radius 2 is 2.12 bits per heavy atom. The fraction of sp³-hybridized carbons (Fsp3) is 0.500. The minimum absolute atomic E-state index is 0.548. The van der Waals surface area contributed by atoms with E-state index < -0.39 is 0 Å². The van der Waals surface area contributed by atoms with Gasteiger partial charge in [-0.2, -0.15) is 10.2 Å². The van der Waals surface area contributed by atoms with E-state index in [1.165, 1.54) is 5.56 Å². The molecular weight excluding hydrogens is 214 g/mol. The van der Waals surface area contributed by atoms with Gasteiger partial charge in [-0.1, -0.05) is 0 Å². The molecule has 17 heavy (non-hydrogen) atoms. The molecule has 0 radical (unpaired) electrons. The molecule has 0 aliphatic heterocycles. The minimum atomic E-state index is 0.548. The van der Waals surface area contributed by atoms with Crippen molar-refractivity contribution in [3.05, 3.63) is 34.9 Å². The third-order valence-electron chi connectivity index (χ3n) is 3.08. The van der Waals surface area contributed by atoms with Crippen LogP contribution >= 0.6 is 0 Å². The molecule has 0 saturated carbocycles. The Balaban J connectivity index is 2.24. The summed E-state index contributed by atoms with van der Waals surface area (Å²) in [6.07, 6.45) is 3.95. The van der Waals surface area contributed by atoms with Crippen molar-refractivity contribution in [2.24, 2.45) is 5.73 Å². The Bertz CT molecular complexity index is 509. The smallest absolute Gasteiger partial charge is 0.0693 e. The zero-order valence-corrected chi connectivity index (χ0v) is 10.6. The molecule has 0 saturated heterocycles. The van der Waals surface area contributed by atoms with Gasteiger partial charge in [0.15, 0.2) is 0 Å². The second kappa shape index (κ2) is 4.71. The third-order valence-corrected chi connectivity index (χ3v) is 3.08. The van der Waals surface area contributed by atoms with Crippen molar-refractivity contribution in [1.82, 2.24) is 19.6 Å². The molecule has 0 unspecified atom stereocenters. The fourth-order valence-electron chi connectivity index (χ4n) is 2.02. The summed E-state index contributed by atoms with van der Waals surface area (Å²) in [7, 11) is 0. The number of rotatable bonds is 4. The van der Waals surface area contributed by atoms with Gasteiger partial charge < -0.3 is 5.73 Å². The van der Waals surface area contributed by atoms with E-state index in [2.05, 4.69) is 30.2 Å². The molecule has 2 N–H and O–H groups in total. The number of nitrogens with zero attached hydrogens (tertiary/aromatic N) is 4. The average Bonchev–Trinajstić information content (AvgIpc) is 2.86. The lowest BCUT2D eigenvalue weighted by Gasteiger charge is -2.02. The molecule has 2 heterocycles. The summed E-state index contributed by atoms with van der Waals surface area (Å²) in [4.78, 5) is 0. The van der Waals surface area contributed by atoms with E-state index in [9.17, 15) is 0 Å². The highest BCUT2D eigenvalue weighted by Crippen LogP contribution is 2.13. The van der Waals surface area contributed by atoms with Crippen molar-refractivity contribution in [3.63, 3.8) is 0 Å². The summed E-state index contributed by atoms with van der Waals surface area (Å²) in [5, 5.41) is 8.77. The first kappa shape index (κ1) is 11.9. The van der Waals surface area contributed by atoms with Gasteiger partial charge in [-0.05, 0) is 20.8 Å². The predicted octanol–water partition coefficient (Wildman–Crippen LogP) is 1.22. The SMILES string of the molecule is CCn1cc(Cn2nc(C)c(CN)c2C)cn1. The van der Waals surface area contributed by atoms with Gasteiger partial charge in [0.1, 0.15) is 0 Å². The van der Waals surface area contributed by atoms with E-state index in [-0.39, 0.29) is 0 Å².